The number of hydrogen-bond acceptors (Lipinski definition) is 5. The monoisotopic (exact) mass is 489 g/mol. The summed E-state index contributed by atoms with van der Waals surface area (Å²) in [5.74, 6) is -0.972. The van der Waals surface area contributed by atoms with Crippen molar-refractivity contribution in [2.24, 2.45) is 5.10 Å². The molecular formula is C29H23N5O3. The van der Waals surface area contributed by atoms with Crippen molar-refractivity contribution in [3.8, 4) is 22.7 Å². The summed E-state index contributed by atoms with van der Waals surface area (Å²) >= 11 is 0. The summed E-state index contributed by atoms with van der Waals surface area (Å²) in [4.78, 5) is 25.0. The number of nitrogens with zero attached hydrogens (tertiary/aromatic N) is 3. The summed E-state index contributed by atoms with van der Waals surface area (Å²) in [6.45, 7) is 0. The largest absolute Gasteiger partial charge is 0.497 e. The molecule has 1 heterocycles. The van der Waals surface area contributed by atoms with E-state index in [1.54, 1.807) is 24.1 Å². The molecule has 4 aromatic carbocycles. The van der Waals surface area contributed by atoms with Gasteiger partial charge in [0.2, 0.25) is 0 Å². The molecule has 0 bridgehead atoms. The van der Waals surface area contributed by atoms with E-state index in [-0.39, 0.29) is 0 Å². The molecule has 182 valence electrons. The second-order valence-electron chi connectivity index (χ2n) is 8.12. The second kappa shape index (κ2) is 10.6. The van der Waals surface area contributed by atoms with Gasteiger partial charge in [0.15, 0.2) is 0 Å². The van der Waals surface area contributed by atoms with Crippen LogP contribution in [-0.4, -0.2) is 34.9 Å². The number of hydrogen-bond donors (Lipinski definition) is 2. The molecule has 0 saturated heterocycles. The fourth-order valence-corrected chi connectivity index (χ4v) is 3.89. The molecule has 8 heteroatoms. The minimum Gasteiger partial charge on any atom is -0.497 e. The minimum absolute atomic E-state index is 0.549. The first-order valence-electron chi connectivity index (χ1n) is 11.5. The molecule has 5 aromatic rings. The van der Waals surface area contributed by atoms with Crippen LogP contribution in [0.3, 0.4) is 0 Å². The normalized spacial score (nSPS) is 10.9. The summed E-state index contributed by atoms with van der Waals surface area (Å²) in [7, 11) is 1.61. The van der Waals surface area contributed by atoms with E-state index in [4.69, 9.17) is 9.84 Å². The zero-order chi connectivity index (χ0) is 25.6. The second-order valence-corrected chi connectivity index (χ2v) is 8.12. The number of rotatable bonds is 6. The predicted molar refractivity (Wildman–Crippen MR) is 144 cm³/mol. The zero-order valence-corrected chi connectivity index (χ0v) is 20.0. The number of aromatic nitrogens is 2. The van der Waals surface area contributed by atoms with Gasteiger partial charge in [0.05, 0.1) is 19.0 Å². The van der Waals surface area contributed by atoms with Crippen molar-refractivity contribution in [1.29, 1.82) is 0 Å². The third kappa shape index (κ3) is 5.23. The molecule has 0 unspecified atom stereocenters. The number of hydrazone groups is 1. The Bertz CT molecular complexity index is 1590. The molecule has 0 aliphatic heterocycles. The number of nitrogens with one attached hydrogen (secondary N) is 2. The van der Waals surface area contributed by atoms with Gasteiger partial charge in [-0.05, 0) is 47.9 Å². The molecule has 0 fully saturated rings. The van der Waals surface area contributed by atoms with Crippen molar-refractivity contribution >= 4 is 34.5 Å². The topological polar surface area (TPSA) is 97.6 Å². The van der Waals surface area contributed by atoms with Crippen LogP contribution >= 0.6 is 0 Å². The van der Waals surface area contributed by atoms with Crippen molar-refractivity contribution in [1.82, 2.24) is 15.2 Å². The third-order valence-electron chi connectivity index (χ3n) is 5.74. The Hall–Kier alpha value is -5.24. The Morgan fingerprint density at radius 1 is 0.865 bits per heavy atom. The van der Waals surface area contributed by atoms with Gasteiger partial charge in [0.1, 0.15) is 11.4 Å². The van der Waals surface area contributed by atoms with Crippen LogP contribution in [0.25, 0.3) is 27.7 Å². The lowest BCUT2D eigenvalue weighted by atomic mass is 10.1. The Labute approximate surface area is 213 Å². The predicted octanol–water partition coefficient (Wildman–Crippen LogP) is 4.79. The molecular weight excluding hydrogens is 466 g/mol. The molecule has 1 aromatic heterocycles. The van der Waals surface area contributed by atoms with E-state index < -0.39 is 11.8 Å². The van der Waals surface area contributed by atoms with Gasteiger partial charge in [-0.15, -0.1) is 0 Å². The molecule has 2 N–H and O–H groups in total. The lowest BCUT2D eigenvalue weighted by molar-refractivity contribution is -0.136. The fraction of sp³-hybridized carbons (Fsp3) is 0.0345. The number of ether oxygens (including phenoxy) is 1. The lowest BCUT2D eigenvalue weighted by Gasteiger charge is -2.07. The van der Waals surface area contributed by atoms with Crippen LogP contribution in [0.1, 0.15) is 5.56 Å². The Balaban J connectivity index is 1.35. The van der Waals surface area contributed by atoms with E-state index in [9.17, 15) is 9.59 Å². The molecule has 0 radical (unpaired) electrons. The standard InChI is InChI=1S/C29H23N5O3/c1-37-24-16-14-21(15-17-24)27-22(19-34(33-27)23-10-3-2-4-11-23)18-30-32-29(36)28(35)31-26-13-7-9-20-8-5-6-12-25(20)26/h2-19H,1H3,(H,31,35)(H,32,36)/b30-18-. The number of para-hydroxylation sites is 1. The van der Waals surface area contributed by atoms with Gasteiger partial charge in [-0.25, -0.2) is 10.1 Å². The quantitative estimate of drug-likeness (QED) is 0.204. The van der Waals surface area contributed by atoms with Crippen LogP contribution in [0.15, 0.2) is 108 Å². The maximum Gasteiger partial charge on any atom is 0.329 e. The van der Waals surface area contributed by atoms with Crippen LogP contribution in [0.5, 0.6) is 5.75 Å². The fourth-order valence-electron chi connectivity index (χ4n) is 3.89. The van der Waals surface area contributed by atoms with E-state index in [2.05, 4.69) is 15.8 Å². The SMILES string of the molecule is COc1ccc(-c2nn(-c3ccccc3)cc2/C=N\NC(=O)C(=O)Nc2cccc3ccccc23)cc1. The molecule has 0 aliphatic rings. The highest BCUT2D eigenvalue weighted by Gasteiger charge is 2.15. The number of amides is 2. The van der Waals surface area contributed by atoms with E-state index >= 15 is 0 Å². The van der Waals surface area contributed by atoms with Crippen molar-refractivity contribution in [3.63, 3.8) is 0 Å². The van der Waals surface area contributed by atoms with Gasteiger partial charge < -0.3 is 10.1 Å². The first kappa shape index (κ1) is 23.5. The molecule has 0 atom stereocenters. The van der Waals surface area contributed by atoms with E-state index in [0.717, 1.165) is 27.8 Å². The number of carbonyl (C=O) groups is 2. The smallest absolute Gasteiger partial charge is 0.329 e. The average Bonchev–Trinajstić information content (AvgIpc) is 3.38. The summed E-state index contributed by atoms with van der Waals surface area (Å²) in [6, 6.07) is 30.2. The number of anilines is 1. The van der Waals surface area contributed by atoms with Gasteiger partial charge in [-0.2, -0.15) is 10.2 Å². The molecule has 37 heavy (non-hydrogen) atoms. The molecule has 0 aliphatic carbocycles. The van der Waals surface area contributed by atoms with Gasteiger partial charge in [-0.1, -0.05) is 54.6 Å². The maximum atomic E-state index is 12.5. The van der Waals surface area contributed by atoms with Crippen molar-refractivity contribution < 1.29 is 14.3 Å². The van der Waals surface area contributed by atoms with Crippen molar-refractivity contribution in [2.45, 2.75) is 0 Å². The molecule has 8 nitrogen and oxygen atoms in total. The summed E-state index contributed by atoms with van der Waals surface area (Å²) in [5, 5.41) is 13.2. The highest BCUT2D eigenvalue weighted by Crippen LogP contribution is 2.25. The molecule has 0 saturated carbocycles. The Morgan fingerprint density at radius 2 is 1.59 bits per heavy atom. The van der Waals surface area contributed by atoms with E-state index in [1.807, 2.05) is 91.0 Å². The number of fused-ring (bicyclic) bond motifs is 1. The van der Waals surface area contributed by atoms with Crippen LogP contribution < -0.4 is 15.5 Å². The van der Waals surface area contributed by atoms with E-state index in [0.29, 0.717) is 16.9 Å². The minimum atomic E-state index is -0.884. The first-order valence-corrected chi connectivity index (χ1v) is 11.5. The molecule has 0 spiro atoms. The highest BCUT2D eigenvalue weighted by atomic mass is 16.5. The number of methoxy groups -OCH3 is 1. The highest BCUT2D eigenvalue weighted by molar-refractivity contribution is 6.40. The molecule has 5 rings (SSSR count). The first-order chi connectivity index (χ1) is 18.1. The summed E-state index contributed by atoms with van der Waals surface area (Å²) in [5.41, 5.74) is 5.88. The Morgan fingerprint density at radius 3 is 2.38 bits per heavy atom. The Kier molecular flexibility index (Phi) is 6.72. The summed E-state index contributed by atoms with van der Waals surface area (Å²) < 4.78 is 6.98. The molecule has 2 amide bonds. The average molecular weight is 490 g/mol. The van der Waals surface area contributed by atoms with Gasteiger partial charge in [0, 0.05) is 28.4 Å². The third-order valence-corrected chi connectivity index (χ3v) is 5.74. The number of carbonyl (C=O) groups excluding carboxylic acids is 2. The summed E-state index contributed by atoms with van der Waals surface area (Å²) in [6.07, 6.45) is 3.27. The van der Waals surface area contributed by atoms with Crippen LogP contribution in [-0.2, 0) is 9.59 Å². The van der Waals surface area contributed by atoms with Crippen LogP contribution in [0, 0.1) is 0 Å². The maximum absolute atomic E-state index is 12.5. The van der Waals surface area contributed by atoms with Gasteiger partial charge >= 0.3 is 11.8 Å². The van der Waals surface area contributed by atoms with Crippen molar-refractivity contribution in [3.05, 3.63) is 109 Å². The van der Waals surface area contributed by atoms with Gasteiger partial charge in [0.25, 0.3) is 0 Å². The number of benzene rings is 4. The van der Waals surface area contributed by atoms with Crippen LogP contribution in [0.4, 0.5) is 5.69 Å². The zero-order valence-electron chi connectivity index (χ0n) is 20.0. The lowest BCUT2D eigenvalue weighted by Crippen LogP contribution is -2.32. The van der Waals surface area contributed by atoms with Crippen molar-refractivity contribution in [2.75, 3.05) is 12.4 Å². The van der Waals surface area contributed by atoms with E-state index in [1.165, 1.54) is 6.21 Å². The van der Waals surface area contributed by atoms with Crippen LogP contribution in [0.2, 0.25) is 0 Å². The van der Waals surface area contributed by atoms with Gasteiger partial charge in [-0.3, -0.25) is 9.59 Å².